The van der Waals surface area contributed by atoms with Crippen molar-refractivity contribution in [1.82, 2.24) is 9.97 Å². The van der Waals surface area contributed by atoms with Gasteiger partial charge in [-0.15, -0.1) is 0 Å². The molecule has 0 unspecified atom stereocenters. The Morgan fingerprint density at radius 1 is 1.14 bits per heavy atom. The van der Waals surface area contributed by atoms with E-state index in [9.17, 15) is 0 Å². The lowest BCUT2D eigenvalue weighted by molar-refractivity contribution is 0.819. The molecule has 0 atom stereocenters. The van der Waals surface area contributed by atoms with E-state index < -0.39 is 0 Å². The lowest BCUT2D eigenvalue weighted by Gasteiger charge is -2.19. The molecule has 1 aromatic heterocycles. The number of H-pyrrole nitrogens is 1. The topological polar surface area (TPSA) is 31.9 Å². The number of aryl methyl sites for hydroxylation is 1. The van der Waals surface area contributed by atoms with Gasteiger partial charge in [-0.1, -0.05) is 42.0 Å². The highest BCUT2D eigenvalue weighted by molar-refractivity contribution is 5.72. The zero-order chi connectivity index (χ0) is 14.9. The zero-order valence-corrected chi connectivity index (χ0v) is 12.7. The molecule has 110 valence electrons. The monoisotopic (exact) mass is 289 g/mol. The quantitative estimate of drug-likeness (QED) is 0.791. The van der Waals surface area contributed by atoms with E-state index in [-0.39, 0.29) is 0 Å². The Bertz CT molecular complexity index is 790. The van der Waals surface area contributed by atoms with Crippen molar-refractivity contribution < 1.29 is 0 Å². The van der Waals surface area contributed by atoms with Gasteiger partial charge in [0.1, 0.15) is 0 Å². The van der Waals surface area contributed by atoms with Gasteiger partial charge >= 0.3 is 0 Å². The molecule has 1 aliphatic rings. The van der Waals surface area contributed by atoms with Gasteiger partial charge in [0.15, 0.2) is 0 Å². The maximum atomic E-state index is 4.11. The van der Waals surface area contributed by atoms with E-state index in [4.69, 9.17) is 0 Å². The fourth-order valence-electron chi connectivity index (χ4n) is 3.19. The van der Waals surface area contributed by atoms with Gasteiger partial charge in [0.2, 0.25) is 0 Å². The number of aromatic nitrogens is 2. The summed E-state index contributed by atoms with van der Waals surface area (Å²) >= 11 is 0. The highest BCUT2D eigenvalue weighted by Gasteiger charge is 2.20. The van der Waals surface area contributed by atoms with E-state index in [1.807, 2.05) is 6.20 Å². The molecule has 2 aromatic carbocycles. The summed E-state index contributed by atoms with van der Waals surface area (Å²) in [5.41, 5.74) is 7.83. The first kappa shape index (κ1) is 13.1. The van der Waals surface area contributed by atoms with Crippen LogP contribution < -0.4 is 4.90 Å². The lowest BCUT2D eigenvalue weighted by Crippen LogP contribution is -2.19. The number of benzene rings is 2. The van der Waals surface area contributed by atoms with Crippen LogP contribution in [0.3, 0.4) is 0 Å². The molecule has 1 aliphatic heterocycles. The first-order valence-corrected chi connectivity index (χ1v) is 7.72. The van der Waals surface area contributed by atoms with Gasteiger partial charge in [0, 0.05) is 18.4 Å². The minimum absolute atomic E-state index is 0.893. The van der Waals surface area contributed by atoms with Crippen molar-refractivity contribution in [2.45, 2.75) is 19.9 Å². The Labute approximate surface area is 130 Å². The number of aromatic amines is 1. The second-order valence-corrected chi connectivity index (χ2v) is 5.96. The molecule has 0 bridgehead atoms. The molecule has 3 aromatic rings. The van der Waals surface area contributed by atoms with Crippen molar-refractivity contribution in [2.75, 3.05) is 11.4 Å². The smallest absolute Gasteiger partial charge is 0.0922 e. The van der Waals surface area contributed by atoms with Crippen molar-refractivity contribution in [3.8, 4) is 11.1 Å². The molecule has 0 aliphatic carbocycles. The van der Waals surface area contributed by atoms with Crippen LogP contribution in [0.5, 0.6) is 0 Å². The summed E-state index contributed by atoms with van der Waals surface area (Å²) in [6, 6.07) is 15.5. The number of hydrogen-bond donors (Lipinski definition) is 1. The molecule has 0 radical (unpaired) electrons. The zero-order valence-electron chi connectivity index (χ0n) is 12.7. The number of imidazole rings is 1. The number of anilines is 1. The minimum Gasteiger partial charge on any atom is -0.365 e. The molecular formula is C19H19N3. The minimum atomic E-state index is 0.893. The SMILES string of the molecule is Cc1cccc(-c2ccc3c(c2)N(Cc2cnc[nH]2)CC3)c1. The Kier molecular flexibility index (Phi) is 3.19. The number of hydrogen-bond acceptors (Lipinski definition) is 2. The van der Waals surface area contributed by atoms with Crippen LogP contribution in [0.1, 0.15) is 16.8 Å². The maximum absolute atomic E-state index is 4.11. The molecular weight excluding hydrogens is 270 g/mol. The largest absolute Gasteiger partial charge is 0.365 e. The predicted octanol–water partition coefficient (Wildman–Crippen LogP) is 3.95. The molecule has 22 heavy (non-hydrogen) atoms. The number of nitrogens with one attached hydrogen (secondary N) is 1. The van der Waals surface area contributed by atoms with Crippen LogP contribution in [-0.4, -0.2) is 16.5 Å². The maximum Gasteiger partial charge on any atom is 0.0922 e. The highest BCUT2D eigenvalue weighted by atomic mass is 15.2. The molecule has 0 saturated carbocycles. The molecule has 4 rings (SSSR count). The van der Waals surface area contributed by atoms with Crippen LogP contribution in [0, 0.1) is 6.92 Å². The first-order valence-electron chi connectivity index (χ1n) is 7.72. The molecule has 1 N–H and O–H groups in total. The summed E-state index contributed by atoms with van der Waals surface area (Å²) < 4.78 is 0. The number of nitrogens with zero attached hydrogens (tertiary/aromatic N) is 2. The Morgan fingerprint density at radius 2 is 2.05 bits per heavy atom. The average molecular weight is 289 g/mol. The van der Waals surface area contributed by atoms with Crippen molar-refractivity contribution in [2.24, 2.45) is 0 Å². The fraction of sp³-hybridized carbons (Fsp3) is 0.211. The van der Waals surface area contributed by atoms with Gasteiger partial charge in [0.25, 0.3) is 0 Å². The number of fused-ring (bicyclic) bond motifs is 1. The van der Waals surface area contributed by atoms with Crippen molar-refractivity contribution in [1.29, 1.82) is 0 Å². The van der Waals surface area contributed by atoms with Crippen molar-refractivity contribution in [3.63, 3.8) is 0 Å². The van der Waals surface area contributed by atoms with Crippen LogP contribution in [-0.2, 0) is 13.0 Å². The van der Waals surface area contributed by atoms with Crippen LogP contribution in [0.15, 0.2) is 55.0 Å². The molecule has 0 spiro atoms. The summed E-state index contributed by atoms with van der Waals surface area (Å²) in [5, 5.41) is 0. The Morgan fingerprint density at radius 3 is 2.86 bits per heavy atom. The summed E-state index contributed by atoms with van der Waals surface area (Å²) in [6.07, 6.45) is 4.77. The Hall–Kier alpha value is -2.55. The first-order chi connectivity index (χ1) is 10.8. The highest BCUT2D eigenvalue weighted by Crippen LogP contribution is 2.33. The number of rotatable bonds is 3. The standard InChI is InChI=1S/C19H19N3/c1-14-3-2-4-16(9-14)17-6-5-15-7-8-22(19(15)10-17)12-18-11-20-13-21-18/h2-6,9-11,13H,7-8,12H2,1H3,(H,20,21). The van der Waals surface area contributed by atoms with E-state index >= 15 is 0 Å². The van der Waals surface area contributed by atoms with Crippen molar-refractivity contribution in [3.05, 3.63) is 71.8 Å². The summed E-state index contributed by atoms with van der Waals surface area (Å²) in [6.45, 7) is 4.11. The fourth-order valence-corrected chi connectivity index (χ4v) is 3.19. The molecule has 3 heteroatoms. The van der Waals surface area contributed by atoms with Gasteiger partial charge in [0.05, 0.1) is 18.6 Å². The van der Waals surface area contributed by atoms with Crippen LogP contribution in [0.25, 0.3) is 11.1 Å². The average Bonchev–Trinajstić information content (AvgIpc) is 3.18. The molecule has 0 saturated heterocycles. The summed E-state index contributed by atoms with van der Waals surface area (Å²) in [7, 11) is 0. The third kappa shape index (κ3) is 2.39. The van der Waals surface area contributed by atoms with E-state index in [2.05, 4.69) is 64.3 Å². The third-order valence-corrected chi connectivity index (χ3v) is 4.34. The van der Waals surface area contributed by atoms with Gasteiger partial charge in [-0.25, -0.2) is 4.98 Å². The van der Waals surface area contributed by atoms with Gasteiger partial charge < -0.3 is 9.88 Å². The molecule has 3 nitrogen and oxygen atoms in total. The van der Waals surface area contributed by atoms with Gasteiger partial charge in [-0.2, -0.15) is 0 Å². The van der Waals surface area contributed by atoms with E-state index in [1.165, 1.54) is 27.9 Å². The normalized spacial score (nSPS) is 13.4. The second kappa shape index (κ2) is 5.34. The van der Waals surface area contributed by atoms with Crippen molar-refractivity contribution >= 4 is 5.69 Å². The lowest BCUT2D eigenvalue weighted by atomic mass is 10.0. The molecule has 0 fully saturated rings. The third-order valence-electron chi connectivity index (χ3n) is 4.34. The second-order valence-electron chi connectivity index (χ2n) is 5.96. The van der Waals surface area contributed by atoms with Crippen LogP contribution in [0.2, 0.25) is 0 Å². The van der Waals surface area contributed by atoms with Crippen LogP contribution >= 0.6 is 0 Å². The van der Waals surface area contributed by atoms with Gasteiger partial charge in [-0.3, -0.25) is 0 Å². The molecule has 2 heterocycles. The summed E-state index contributed by atoms with van der Waals surface area (Å²) in [4.78, 5) is 9.74. The van der Waals surface area contributed by atoms with E-state index in [1.54, 1.807) is 6.33 Å². The van der Waals surface area contributed by atoms with Crippen LogP contribution in [0.4, 0.5) is 5.69 Å². The van der Waals surface area contributed by atoms with Gasteiger partial charge in [-0.05, 0) is 36.1 Å². The predicted molar refractivity (Wildman–Crippen MR) is 90.0 cm³/mol. The van der Waals surface area contributed by atoms with E-state index in [0.29, 0.717) is 0 Å². The molecule has 0 amide bonds. The Balaban J connectivity index is 1.68. The summed E-state index contributed by atoms with van der Waals surface area (Å²) in [5.74, 6) is 0. The van der Waals surface area contributed by atoms with E-state index in [0.717, 1.165) is 25.2 Å².